The van der Waals surface area contributed by atoms with Crippen molar-refractivity contribution in [3.63, 3.8) is 0 Å². The van der Waals surface area contributed by atoms with E-state index in [1.54, 1.807) is 0 Å². The van der Waals surface area contributed by atoms with E-state index >= 15 is 0 Å². The maximum Gasteiger partial charge on any atom is 0.149 e. The van der Waals surface area contributed by atoms with Crippen molar-refractivity contribution in [2.24, 2.45) is 5.92 Å². The van der Waals surface area contributed by atoms with Crippen molar-refractivity contribution < 1.29 is 4.79 Å². The van der Waals surface area contributed by atoms with Crippen molar-refractivity contribution in [2.45, 2.75) is 58.4 Å². The van der Waals surface area contributed by atoms with Crippen LogP contribution in [0.15, 0.2) is 0 Å². The first-order chi connectivity index (χ1) is 6.70. The van der Waals surface area contributed by atoms with Gasteiger partial charge in [-0.25, -0.2) is 0 Å². The number of Topliss-reactive ketones (excluding diaryl/α,β-unsaturated/α-hetero) is 1. The predicted octanol–water partition coefficient (Wildman–Crippen LogP) is 2.52. The van der Waals surface area contributed by atoms with Crippen LogP contribution in [0.5, 0.6) is 0 Å². The van der Waals surface area contributed by atoms with Gasteiger partial charge in [0.1, 0.15) is 5.78 Å². The van der Waals surface area contributed by atoms with Gasteiger partial charge in [0.05, 0.1) is 6.54 Å². The fourth-order valence-electron chi connectivity index (χ4n) is 2.05. The van der Waals surface area contributed by atoms with Gasteiger partial charge in [0.15, 0.2) is 0 Å². The average Bonchev–Trinajstić information content (AvgIpc) is 2.42. The Morgan fingerprint density at radius 3 is 2.29 bits per heavy atom. The van der Waals surface area contributed by atoms with Crippen LogP contribution in [0.25, 0.3) is 0 Å². The standard InChI is InChI=1S/C12H23NO/c1-10(2)13-9-12(14)11-7-5-3-4-6-8-11/h10-11,13H,3-9H2,1-2H3. The van der Waals surface area contributed by atoms with E-state index in [1.165, 1.54) is 25.7 Å². The van der Waals surface area contributed by atoms with Crippen LogP contribution in [-0.2, 0) is 4.79 Å². The molecular formula is C12H23NO. The molecule has 0 bridgehead atoms. The summed E-state index contributed by atoms with van der Waals surface area (Å²) in [6, 6.07) is 0.421. The third kappa shape index (κ3) is 4.23. The molecule has 0 spiro atoms. The maximum absolute atomic E-state index is 11.8. The molecule has 0 atom stereocenters. The summed E-state index contributed by atoms with van der Waals surface area (Å²) < 4.78 is 0. The second kappa shape index (κ2) is 6.18. The lowest BCUT2D eigenvalue weighted by atomic mass is 9.95. The molecule has 2 heteroatoms. The number of ketones is 1. The SMILES string of the molecule is CC(C)NCC(=O)C1CCCCCC1. The minimum absolute atomic E-state index is 0.351. The molecule has 14 heavy (non-hydrogen) atoms. The van der Waals surface area contributed by atoms with Crippen LogP contribution in [0.4, 0.5) is 0 Å². The van der Waals surface area contributed by atoms with Gasteiger partial charge in [-0.3, -0.25) is 4.79 Å². The molecule has 1 saturated carbocycles. The Kier molecular flexibility index (Phi) is 5.16. The van der Waals surface area contributed by atoms with Gasteiger partial charge in [-0.05, 0) is 12.8 Å². The first kappa shape index (κ1) is 11.7. The monoisotopic (exact) mass is 197 g/mol. The van der Waals surface area contributed by atoms with Crippen molar-refractivity contribution in [3.05, 3.63) is 0 Å². The van der Waals surface area contributed by atoms with Crippen molar-refractivity contribution in [1.82, 2.24) is 5.32 Å². The number of hydrogen-bond acceptors (Lipinski definition) is 2. The Labute approximate surface area is 87.5 Å². The Bertz CT molecular complexity index is 169. The van der Waals surface area contributed by atoms with Crippen LogP contribution in [0, 0.1) is 5.92 Å². The molecule has 0 amide bonds. The third-order valence-corrected chi connectivity index (χ3v) is 3.00. The largest absolute Gasteiger partial charge is 0.308 e. The van der Waals surface area contributed by atoms with Crippen LogP contribution in [0.3, 0.4) is 0 Å². The molecule has 0 unspecified atom stereocenters. The molecule has 1 aliphatic rings. The van der Waals surface area contributed by atoms with Crippen LogP contribution in [0.2, 0.25) is 0 Å². The van der Waals surface area contributed by atoms with Gasteiger partial charge >= 0.3 is 0 Å². The van der Waals surface area contributed by atoms with E-state index < -0.39 is 0 Å². The molecule has 0 saturated heterocycles. The summed E-state index contributed by atoms with van der Waals surface area (Å²) >= 11 is 0. The second-order valence-corrected chi connectivity index (χ2v) is 4.69. The lowest BCUT2D eigenvalue weighted by Gasteiger charge is -2.14. The zero-order chi connectivity index (χ0) is 10.4. The number of nitrogens with one attached hydrogen (secondary N) is 1. The summed E-state index contributed by atoms with van der Waals surface area (Å²) in [6.45, 7) is 4.74. The van der Waals surface area contributed by atoms with Gasteiger partial charge in [-0.2, -0.15) is 0 Å². The second-order valence-electron chi connectivity index (χ2n) is 4.69. The van der Waals surface area contributed by atoms with E-state index in [-0.39, 0.29) is 0 Å². The lowest BCUT2D eigenvalue weighted by molar-refractivity contribution is -0.122. The summed E-state index contributed by atoms with van der Waals surface area (Å²) in [7, 11) is 0. The van der Waals surface area contributed by atoms with E-state index in [0.29, 0.717) is 24.3 Å². The van der Waals surface area contributed by atoms with E-state index in [2.05, 4.69) is 19.2 Å². The van der Waals surface area contributed by atoms with Gasteiger partial charge in [0.2, 0.25) is 0 Å². The zero-order valence-electron chi connectivity index (χ0n) is 9.51. The van der Waals surface area contributed by atoms with E-state index in [1.807, 2.05) is 0 Å². The quantitative estimate of drug-likeness (QED) is 0.702. The van der Waals surface area contributed by atoms with Crippen LogP contribution in [-0.4, -0.2) is 18.4 Å². The molecule has 1 N–H and O–H groups in total. The average molecular weight is 197 g/mol. The minimum atomic E-state index is 0.351. The summed E-state index contributed by atoms with van der Waals surface area (Å²) in [5.41, 5.74) is 0. The van der Waals surface area contributed by atoms with Gasteiger partial charge in [-0.1, -0.05) is 39.5 Å². The minimum Gasteiger partial charge on any atom is -0.308 e. The molecule has 0 aliphatic heterocycles. The maximum atomic E-state index is 11.8. The summed E-state index contributed by atoms with van der Waals surface area (Å²) in [5.74, 6) is 0.782. The summed E-state index contributed by atoms with van der Waals surface area (Å²) in [5, 5.41) is 3.21. The molecular weight excluding hydrogens is 174 g/mol. The van der Waals surface area contributed by atoms with Crippen molar-refractivity contribution in [1.29, 1.82) is 0 Å². The van der Waals surface area contributed by atoms with E-state index in [0.717, 1.165) is 12.8 Å². The highest BCUT2D eigenvalue weighted by Crippen LogP contribution is 2.23. The fourth-order valence-corrected chi connectivity index (χ4v) is 2.05. The zero-order valence-corrected chi connectivity index (χ0v) is 9.51. The highest BCUT2D eigenvalue weighted by atomic mass is 16.1. The van der Waals surface area contributed by atoms with Crippen LogP contribution in [0.1, 0.15) is 52.4 Å². The molecule has 0 radical (unpaired) electrons. The molecule has 0 aromatic heterocycles. The summed E-state index contributed by atoms with van der Waals surface area (Å²) in [4.78, 5) is 11.8. The topological polar surface area (TPSA) is 29.1 Å². The predicted molar refractivity (Wildman–Crippen MR) is 59.3 cm³/mol. The van der Waals surface area contributed by atoms with Crippen molar-refractivity contribution >= 4 is 5.78 Å². The molecule has 1 aliphatic carbocycles. The van der Waals surface area contributed by atoms with Gasteiger partial charge in [0, 0.05) is 12.0 Å². The Morgan fingerprint density at radius 2 is 1.79 bits per heavy atom. The van der Waals surface area contributed by atoms with E-state index in [4.69, 9.17) is 0 Å². The number of hydrogen-bond donors (Lipinski definition) is 1. The van der Waals surface area contributed by atoms with Gasteiger partial charge in [0.25, 0.3) is 0 Å². The Hall–Kier alpha value is -0.370. The van der Waals surface area contributed by atoms with Gasteiger partial charge in [-0.15, -0.1) is 0 Å². The highest BCUT2D eigenvalue weighted by molar-refractivity contribution is 5.82. The van der Waals surface area contributed by atoms with Crippen LogP contribution >= 0.6 is 0 Å². The summed E-state index contributed by atoms with van der Waals surface area (Å²) in [6.07, 6.45) is 7.39. The Balaban J connectivity index is 2.27. The third-order valence-electron chi connectivity index (χ3n) is 3.00. The van der Waals surface area contributed by atoms with E-state index in [9.17, 15) is 4.79 Å². The number of rotatable bonds is 4. The molecule has 0 heterocycles. The number of carbonyl (C=O) groups is 1. The van der Waals surface area contributed by atoms with Crippen molar-refractivity contribution in [2.75, 3.05) is 6.54 Å². The molecule has 1 rings (SSSR count). The highest BCUT2D eigenvalue weighted by Gasteiger charge is 2.19. The molecule has 2 nitrogen and oxygen atoms in total. The molecule has 1 fully saturated rings. The fraction of sp³-hybridized carbons (Fsp3) is 0.917. The van der Waals surface area contributed by atoms with Gasteiger partial charge < -0.3 is 5.32 Å². The first-order valence-corrected chi connectivity index (χ1v) is 5.96. The first-order valence-electron chi connectivity index (χ1n) is 5.96. The van der Waals surface area contributed by atoms with Crippen molar-refractivity contribution in [3.8, 4) is 0 Å². The lowest BCUT2D eigenvalue weighted by Crippen LogP contribution is -2.32. The molecule has 0 aromatic rings. The smallest absolute Gasteiger partial charge is 0.149 e. The van der Waals surface area contributed by atoms with Crippen LogP contribution < -0.4 is 5.32 Å². The molecule has 0 aromatic carbocycles. The Morgan fingerprint density at radius 1 is 1.21 bits per heavy atom. The molecule has 82 valence electrons. The number of carbonyl (C=O) groups excluding carboxylic acids is 1. The normalized spacial score (nSPS) is 19.6.